The summed E-state index contributed by atoms with van der Waals surface area (Å²) in [7, 11) is 0. The van der Waals surface area contributed by atoms with E-state index < -0.39 is 6.04 Å². The van der Waals surface area contributed by atoms with E-state index in [1.165, 1.54) is 6.33 Å². The van der Waals surface area contributed by atoms with Crippen LogP contribution in [0.1, 0.15) is 5.56 Å². The van der Waals surface area contributed by atoms with Gasteiger partial charge in [0.1, 0.15) is 18.6 Å². The maximum absolute atomic E-state index is 12.0. The molecule has 136 valence electrons. The number of aromatic nitrogens is 4. The number of anilines is 1. The Balaban J connectivity index is 1.39. The lowest BCUT2D eigenvalue weighted by Crippen LogP contribution is -2.43. The standard InChI is InChI=1S/C17H21N7O2/c18-13(8-12-4-2-1-3-5-12)17(25)20-6-7-26-11-24-10-23-14-15(19)21-9-22-16(14)24/h1-5,9-10,13H,6-8,11,18H2,(H,20,25)(H2,19,21,22). The lowest BCUT2D eigenvalue weighted by molar-refractivity contribution is -0.122. The number of nitrogens with one attached hydrogen (secondary N) is 1. The number of imidazole rings is 1. The molecular weight excluding hydrogens is 334 g/mol. The molecular formula is C17H21N7O2. The average molecular weight is 355 g/mol. The summed E-state index contributed by atoms with van der Waals surface area (Å²) in [6, 6.07) is 9.08. The van der Waals surface area contributed by atoms with Crippen molar-refractivity contribution in [1.29, 1.82) is 0 Å². The minimum atomic E-state index is -0.588. The van der Waals surface area contributed by atoms with Gasteiger partial charge in [0.2, 0.25) is 5.91 Å². The van der Waals surface area contributed by atoms with E-state index in [9.17, 15) is 4.79 Å². The molecule has 5 N–H and O–H groups in total. The highest BCUT2D eigenvalue weighted by atomic mass is 16.5. The van der Waals surface area contributed by atoms with Gasteiger partial charge < -0.3 is 21.5 Å². The number of rotatable bonds is 8. The Hall–Kier alpha value is -3.04. The van der Waals surface area contributed by atoms with Gasteiger partial charge in [-0.05, 0) is 12.0 Å². The summed E-state index contributed by atoms with van der Waals surface area (Å²) < 4.78 is 7.26. The largest absolute Gasteiger partial charge is 0.382 e. The minimum absolute atomic E-state index is 0.203. The zero-order valence-corrected chi connectivity index (χ0v) is 14.2. The highest BCUT2D eigenvalue weighted by Crippen LogP contribution is 2.13. The van der Waals surface area contributed by atoms with Crippen molar-refractivity contribution in [2.75, 3.05) is 18.9 Å². The molecule has 2 heterocycles. The first-order valence-electron chi connectivity index (χ1n) is 8.21. The summed E-state index contributed by atoms with van der Waals surface area (Å²) in [5.74, 6) is 0.125. The predicted octanol–water partition coefficient (Wildman–Crippen LogP) is 0.0688. The van der Waals surface area contributed by atoms with E-state index in [-0.39, 0.29) is 12.6 Å². The summed E-state index contributed by atoms with van der Waals surface area (Å²) in [5, 5.41) is 2.77. The zero-order valence-electron chi connectivity index (χ0n) is 14.2. The van der Waals surface area contributed by atoms with Crippen molar-refractivity contribution in [3.05, 3.63) is 48.5 Å². The van der Waals surface area contributed by atoms with Crippen molar-refractivity contribution < 1.29 is 9.53 Å². The second-order valence-corrected chi connectivity index (χ2v) is 5.77. The van der Waals surface area contributed by atoms with Crippen molar-refractivity contribution >= 4 is 22.9 Å². The van der Waals surface area contributed by atoms with Crippen molar-refractivity contribution in [3.63, 3.8) is 0 Å². The number of carbonyl (C=O) groups excluding carboxylic acids is 1. The molecule has 0 radical (unpaired) electrons. The van der Waals surface area contributed by atoms with Crippen molar-refractivity contribution in [2.45, 2.75) is 19.2 Å². The number of nitrogens with zero attached hydrogens (tertiary/aromatic N) is 4. The van der Waals surface area contributed by atoms with Crippen molar-refractivity contribution in [1.82, 2.24) is 24.8 Å². The summed E-state index contributed by atoms with van der Waals surface area (Å²) in [6.45, 7) is 0.952. The van der Waals surface area contributed by atoms with Crippen LogP contribution in [-0.2, 0) is 22.7 Å². The number of fused-ring (bicyclic) bond motifs is 1. The Labute approximate surface area is 150 Å². The molecule has 0 spiro atoms. The minimum Gasteiger partial charge on any atom is -0.382 e. The zero-order chi connectivity index (χ0) is 18.4. The lowest BCUT2D eigenvalue weighted by atomic mass is 10.1. The molecule has 0 aliphatic rings. The Morgan fingerprint density at radius 3 is 2.85 bits per heavy atom. The van der Waals surface area contributed by atoms with E-state index in [1.807, 2.05) is 30.3 Å². The molecule has 2 aromatic heterocycles. The van der Waals surface area contributed by atoms with Crippen LogP contribution in [0.25, 0.3) is 11.2 Å². The SMILES string of the molecule is Nc1ncnc2c1ncn2COCCNC(=O)C(N)Cc1ccccc1. The van der Waals surface area contributed by atoms with Crippen LogP contribution in [0.2, 0.25) is 0 Å². The van der Waals surface area contributed by atoms with Crippen LogP contribution in [0, 0.1) is 0 Å². The van der Waals surface area contributed by atoms with Crippen molar-refractivity contribution in [3.8, 4) is 0 Å². The highest BCUT2D eigenvalue weighted by Gasteiger charge is 2.13. The molecule has 9 heteroatoms. The molecule has 1 amide bonds. The third-order valence-corrected chi connectivity index (χ3v) is 3.84. The van der Waals surface area contributed by atoms with E-state index >= 15 is 0 Å². The number of amides is 1. The van der Waals surface area contributed by atoms with Gasteiger partial charge in [-0.25, -0.2) is 15.0 Å². The molecule has 1 aromatic carbocycles. The van der Waals surface area contributed by atoms with E-state index in [1.54, 1.807) is 10.9 Å². The normalized spacial score (nSPS) is 12.2. The van der Waals surface area contributed by atoms with Gasteiger partial charge in [0.05, 0.1) is 19.0 Å². The molecule has 1 atom stereocenters. The van der Waals surface area contributed by atoms with Crippen LogP contribution >= 0.6 is 0 Å². The number of nitrogen functional groups attached to an aromatic ring is 1. The topological polar surface area (TPSA) is 134 Å². The van der Waals surface area contributed by atoms with E-state index in [4.69, 9.17) is 16.2 Å². The maximum Gasteiger partial charge on any atom is 0.237 e. The number of benzene rings is 1. The summed E-state index contributed by atoms with van der Waals surface area (Å²) >= 11 is 0. The van der Waals surface area contributed by atoms with Gasteiger partial charge in [-0.2, -0.15) is 0 Å². The Morgan fingerprint density at radius 1 is 1.23 bits per heavy atom. The lowest BCUT2D eigenvalue weighted by Gasteiger charge is -2.12. The monoisotopic (exact) mass is 355 g/mol. The van der Waals surface area contributed by atoms with E-state index in [0.29, 0.717) is 36.6 Å². The van der Waals surface area contributed by atoms with Crippen LogP contribution in [0.4, 0.5) is 5.82 Å². The highest BCUT2D eigenvalue weighted by molar-refractivity contribution is 5.82. The van der Waals surface area contributed by atoms with Crippen LogP contribution in [0.5, 0.6) is 0 Å². The summed E-state index contributed by atoms with van der Waals surface area (Å²) in [5.41, 5.74) is 13.8. The van der Waals surface area contributed by atoms with Gasteiger partial charge in [-0.1, -0.05) is 30.3 Å². The smallest absolute Gasteiger partial charge is 0.237 e. The van der Waals surface area contributed by atoms with Gasteiger partial charge >= 0.3 is 0 Å². The van der Waals surface area contributed by atoms with Crippen LogP contribution in [0.3, 0.4) is 0 Å². The third kappa shape index (κ3) is 4.32. The molecule has 3 aromatic rings. The number of ether oxygens (including phenoxy) is 1. The number of nitrogens with two attached hydrogens (primary N) is 2. The Kier molecular flexibility index (Phi) is 5.72. The third-order valence-electron chi connectivity index (χ3n) is 3.84. The molecule has 0 saturated carbocycles. The molecule has 3 rings (SSSR count). The fraction of sp³-hybridized carbons (Fsp3) is 0.294. The van der Waals surface area contributed by atoms with Crippen LogP contribution < -0.4 is 16.8 Å². The predicted molar refractivity (Wildman–Crippen MR) is 96.8 cm³/mol. The first-order valence-corrected chi connectivity index (χ1v) is 8.21. The Morgan fingerprint density at radius 2 is 2.04 bits per heavy atom. The molecule has 0 bridgehead atoms. The first-order chi connectivity index (χ1) is 12.6. The van der Waals surface area contributed by atoms with Gasteiger partial charge in [0.15, 0.2) is 11.5 Å². The van der Waals surface area contributed by atoms with Crippen LogP contribution in [-0.4, -0.2) is 44.6 Å². The average Bonchev–Trinajstić information content (AvgIpc) is 3.06. The van der Waals surface area contributed by atoms with Gasteiger partial charge in [-0.15, -0.1) is 0 Å². The van der Waals surface area contributed by atoms with Gasteiger partial charge in [0, 0.05) is 6.54 Å². The number of hydrogen-bond donors (Lipinski definition) is 3. The maximum atomic E-state index is 12.0. The molecule has 0 saturated heterocycles. The second kappa shape index (κ2) is 8.37. The van der Waals surface area contributed by atoms with Gasteiger partial charge in [0.25, 0.3) is 0 Å². The molecule has 9 nitrogen and oxygen atoms in total. The number of carbonyl (C=O) groups is 1. The molecule has 1 unspecified atom stereocenters. The summed E-state index contributed by atoms with van der Waals surface area (Å²) in [4.78, 5) is 24.2. The van der Waals surface area contributed by atoms with E-state index in [0.717, 1.165) is 5.56 Å². The van der Waals surface area contributed by atoms with Crippen LogP contribution in [0.15, 0.2) is 43.0 Å². The van der Waals surface area contributed by atoms with E-state index in [2.05, 4.69) is 20.3 Å². The van der Waals surface area contributed by atoms with Crippen molar-refractivity contribution in [2.24, 2.45) is 5.73 Å². The summed E-state index contributed by atoms with van der Waals surface area (Å²) in [6.07, 6.45) is 3.46. The molecule has 26 heavy (non-hydrogen) atoms. The molecule has 0 aliphatic carbocycles. The first kappa shape index (κ1) is 17.8. The molecule has 0 aliphatic heterocycles. The molecule has 0 fully saturated rings. The quantitative estimate of drug-likeness (QED) is 0.487. The fourth-order valence-electron chi connectivity index (χ4n) is 2.49. The Bertz CT molecular complexity index is 866. The fourth-order valence-corrected chi connectivity index (χ4v) is 2.49. The van der Waals surface area contributed by atoms with Gasteiger partial charge in [-0.3, -0.25) is 9.36 Å². The number of hydrogen-bond acceptors (Lipinski definition) is 7. The second-order valence-electron chi connectivity index (χ2n) is 5.77.